The van der Waals surface area contributed by atoms with E-state index in [9.17, 15) is 4.79 Å². The molecule has 2 heterocycles. The predicted molar refractivity (Wildman–Crippen MR) is 91.8 cm³/mol. The molecule has 0 aliphatic carbocycles. The van der Waals surface area contributed by atoms with Gasteiger partial charge in [-0.1, -0.05) is 30.3 Å². The summed E-state index contributed by atoms with van der Waals surface area (Å²) in [6, 6.07) is 11.4. The monoisotopic (exact) mass is 326 g/mol. The number of amides is 1. The van der Waals surface area contributed by atoms with E-state index in [1.165, 1.54) is 6.33 Å². The lowest BCUT2D eigenvalue weighted by Crippen LogP contribution is -2.27. The van der Waals surface area contributed by atoms with Crippen molar-refractivity contribution in [2.45, 2.75) is 31.9 Å². The van der Waals surface area contributed by atoms with Gasteiger partial charge in [-0.3, -0.25) is 4.79 Å². The summed E-state index contributed by atoms with van der Waals surface area (Å²) in [5.41, 5.74) is 1.40. The average molecular weight is 326 g/mol. The Kier molecular flexibility index (Phi) is 5.38. The summed E-state index contributed by atoms with van der Waals surface area (Å²) in [5, 5.41) is 6.17. The molecule has 1 aliphatic rings. The molecule has 1 aliphatic heterocycles. The highest BCUT2D eigenvalue weighted by molar-refractivity contribution is 5.93. The Morgan fingerprint density at radius 3 is 2.92 bits per heavy atom. The van der Waals surface area contributed by atoms with Gasteiger partial charge in [-0.15, -0.1) is 0 Å². The van der Waals surface area contributed by atoms with Gasteiger partial charge in [-0.25, -0.2) is 9.97 Å². The van der Waals surface area contributed by atoms with Crippen molar-refractivity contribution < 1.29 is 9.53 Å². The van der Waals surface area contributed by atoms with Crippen molar-refractivity contribution in [3.05, 3.63) is 54.0 Å². The van der Waals surface area contributed by atoms with Gasteiger partial charge in [0.1, 0.15) is 17.8 Å². The topological polar surface area (TPSA) is 76.1 Å². The zero-order valence-electron chi connectivity index (χ0n) is 13.7. The summed E-state index contributed by atoms with van der Waals surface area (Å²) in [7, 11) is 0. The second-order valence-corrected chi connectivity index (χ2v) is 5.91. The maximum atomic E-state index is 12.4. The average Bonchev–Trinajstić information content (AvgIpc) is 3.14. The molecule has 0 bridgehead atoms. The highest BCUT2D eigenvalue weighted by Gasteiger charge is 2.16. The zero-order valence-corrected chi connectivity index (χ0v) is 13.7. The van der Waals surface area contributed by atoms with Crippen LogP contribution in [0.4, 0.5) is 5.82 Å². The van der Waals surface area contributed by atoms with Crippen LogP contribution in [0.1, 0.15) is 41.9 Å². The summed E-state index contributed by atoms with van der Waals surface area (Å²) in [5.74, 6) is 0.423. The molecular formula is C18H22N4O2. The molecule has 1 saturated heterocycles. The Morgan fingerprint density at radius 1 is 1.33 bits per heavy atom. The number of aromatic nitrogens is 2. The fraction of sp³-hybridized carbons (Fsp3) is 0.389. The number of rotatable bonds is 6. The number of ether oxygens (including phenoxy) is 1. The number of carbonyl (C=O) groups is 1. The molecule has 1 fully saturated rings. The number of hydrogen-bond donors (Lipinski definition) is 2. The van der Waals surface area contributed by atoms with Crippen LogP contribution in [0.25, 0.3) is 0 Å². The Morgan fingerprint density at radius 2 is 2.17 bits per heavy atom. The molecule has 2 aromatic rings. The number of anilines is 1. The number of nitrogens with one attached hydrogen (secondary N) is 2. The Bertz CT molecular complexity index is 672. The third-order valence-corrected chi connectivity index (χ3v) is 4.08. The Hall–Kier alpha value is -2.47. The fourth-order valence-electron chi connectivity index (χ4n) is 2.70. The van der Waals surface area contributed by atoms with Crippen LogP contribution in [0.3, 0.4) is 0 Å². The van der Waals surface area contributed by atoms with E-state index in [1.807, 2.05) is 37.3 Å². The lowest BCUT2D eigenvalue weighted by molar-refractivity contribution is 0.0934. The van der Waals surface area contributed by atoms with Gasteiger partial charge in [0, 0.05) is 19.2 Å². The maximum Gasteiger partial charge on any atom is 0.270 e. The molecular weight excluding hydrogens is 304 g/mol. The van der Waals surface area contributed by atoms with Crippen molar-refractivity contribution in [2.75, 3.05) is 18.5 Å². The van der Waals surface area contributed by atoms with Crippen LogP contribution < -0.4 is 10.6 Å². The Labute approximate surface area is 141 Å². The summed E-state index contributed by atoms with van der Waals surface area (Å²) in [6.45, 7) is 3.46. The maximum absolute atomic E-state index is 12.4. The smallest absolute Gasteiger partial charge is 0.270 e. The second-order valence-electron chi connectivity index (χ2n) is 5.91. The van der Waals surface area contributed by atoms with Gasteiger partial charge >= 0.3 is 0 Å². The molecule has 2 N–H and O–H groups in total. The lowest BCUT2D eigenvalue weighted by Gasteiger charge is -2.14. The van der Waals surface area contributed by atoms with Crippen LogP contribution >= 0.6 is 0 Å². The molecule has 3 rings (SSSR count). The first-order chi connectivity index (χ1) is 11.7. The summed E-state index contributed by atoms with van der Waals surface area (Å²) in [6.07, 6.45) is 3.77. The minimum Gasteiger partial charge on any atom is -0.376 e. The van der Waals surface area contributed by atoms with E-state index in [2.05, 4.69) is 20.6 Å². The summed E-state index contributed by atoms with van der Waals surface area (Å²) >= 11 is 0. The third kappa shape index (κ3) is 4.29. The van der Waals surface area contributed by atoms with E-state index in [0.29, 0.717) is 18.1 Å². The van der Waals surface area contributed by atoms with Crippen molar-refractivity contribution in [2.24, 2.45) is 0 Å². The van der Waals surface area contributed by atoms with E-state index in [4.69, 9.17) is 4.74 Å². The molecule has 0 spiro atoms. The molecule has 126 valence electrons. The highest BCUT2D eigenvalue weighted by Crippen LogP contribution is 2.14. The van der Waals surface area contributed by atoms with E-state index >= 15 is 0 Å². The van der Waals surface area contributed by atoms with Crippen molar-refractivity contribution in [3.63, 3.8) is 0 Å². The minimum absolute atomic E-state index is 0.0861. The first-order valence-corrected chi connectivity index (χ1v) is 8.25. The molecule has 0 radical (unpaired) electrons. The normalized spacial score (nSPS) is 18.1. The van der Waals surface area contributed by atoms with E-state index in [0.717, 1.165) is 25.0 Å². The number of benzene rings is 1. The van der Waals surface area contributed by atoms with Gasteiger partial charge in [0.25, 0.3) is 5.91 Å². The van der Waals surface area contributed by atoms with Crippen molar-refractivity contribution in [1.29, 1.82) is 0 Å². The highest BCUT2D eigenvalue weighted by atomic mass is 16.5. The van der Waals surface area contributed by atoms with Crippen molar-refractivity contribution in [3.8, 4) is 0 Å². The third-order valence-electron chi connectivity index (χ3n) is 4.08. The summed E-state index contributed by atoms with van der Waals surface area (Å²) < 4.78 is 5.57. The predicted octanol–water partition coefficient (Wildman–Crippen LogP) is 2.56. The molecule has 0 saturated carbocycles. The van der Waals surface area contributed by atoms with Gasteiger partial charge in [-0.05, 0) is 25.3 Å². The van der Waals surface area contributed by atoms with E-state index in [-0.39, 0.29) is 18.1 Å². The second kappa shape index (κ2) is 7.88. The van der Waals surface area contributed by atoms with Crippen LogP contribution in [-0.4, -0.2) is 35.1 Å². The minimum atomic E-state index is -0.214. The SMILES string of the molecule is CC(NC(=O)c1cc(NCC2CCCO2)ncn1)c1ccccc1. The van der Waals surface area contributed by atoms with Crippen LogP contribution in [-0.2, 0) is 4.74 Å². The van der Waals surface area contributed by atoms with Crippen LogP contribution in [0.5, 0.6) is 0 Å². The van der Waals surface area contributed by atoms with Crippen LogP contribution in [0, 0.1) is 0 Å². The van der Waals surface area contributed by atoms with Gasteiger partial charge in [0.05, 0.1) is 12.1 Å². The van der Waals surface area contributed by atoms with Gasteiger partial charge in [0.2, 0.25) is 0 Å². The fourth-order valence-corrected chi connectivity index (χ4v) is 2.70. The molecule has 2 atom stereocenters. The van der Waals surface area contributed by atoms with Gasteiger partial charge in [-0.2, -0.15) is 0 Å². The molecule has 6 nitrogen and oxygen atoms in total. The largest absolute Gasteiger partial charge is 0.376 e. The standard InChI is InChI=1S/C18H22N4O2/c1-13(14-6-3-2-4-7-14)22-18(23)16-10-17(21-12-20-16)19-11-15-8-5-9-24-15/h2-4,6-7,10,12-13,15H,5,8-9,11H2,1H3,(H,22,23)(H,19,20,21). The quantitative estimate of drug-likeness (QED) is 0.853. The first kappa shape index (κ1) is 16.4. The Balaban J connectivity index is 1.59. The first-order valence-electron chi connectivity index (χ1n) is 8.25. The number of hydrogen-bond acceptors (Lipinski definition) is 5. The number of nitrogens with zero attached hydrogens (tertiary/aromatic N) is 2. The number of carbonyl (C=O) groups excluding carboxylic acids is 1. The zero-order chi connectivity index (χ0) is 16.8. The molecule has 6 heteroatoms. The summed E-state index contributed by atoms with van der Waals surface area (Å²) in [4.78, 5) is 20.6. The van der Waals surface area contributed by atoms with Crippen molar-refractivity contribution >= 4 is 11.7 Å². The molecule has 1 aromatic heterocycles. The van der Waals surface area contributed by atoms with Gasteiger partial charge < -0.3 is 15.4 Å². The van der Waals surface area contributed by atoms with Crippen LogP contribution in [0.2, 0.25) is 0 Å². The van der Waals surface area contributed by atoms with E-state index < -0.39 is 0 Å². The van der Waals surface area contributed by atoms with Crippen molar-refractivity contribution in [1.82, 2.24) is 15.3 Å². The van der Waals surface area contributed by atoms with Crippen LogP contribution in [0.15, 0.2) is 42.7 Å². The molecule has 1 amide bonds. The molecule has 24 heavy (non-hydrogen) atoms. The molecule has 1 aromatic carbocycles. The lowest BCUT2D eigenvalue weighted by atomic mass is 10.1. The molecule has 2 unspecified atom stereocenters. The van der Waals surface area contributed by atoms with E-state index in [1.54, 1.807) is 6.07 Å². The van der Waals surface area contributed by atoms with Gasteiger partial charge in [0.15, 0.2) is 0 Å².